The number of rotatable bonds is 3. The largest absolute Gasteiger partial charge is 0.343 e. The zero-order valence-electron chi connectivity index (χ0n) is 16.5. The number of hydrogen-bond acceptors (Lipinski definition) is 2. The number of amides is 2. The van der Waals surface area contributed by atoms with E-state index in [1.54, 1.807) is 6.92 Å². The molecular weight excluding hydrogens is 348 g/mol. The van der Waals surface area contributed by atoms with Crippen LogP contribution < -0.4 is 5.32 Å². The number of likely N-dealkylation sites (tertiary alicyclic amines) is 1. The van der Waals surface area contributed by atoms with Crippen LogP contribution in [0.15, 0.2) is 54.6 Å². The Hall–Kier alpha value is -2.88. The molecule has 0 aromatic heterocycles. The van der Waals surface area contributed by atoms with Crippen molar-refractivity contribution in [1.82, 2.24) is 4.90 Å². The van der Waals surface area contributed by atoms with Crippen LogP contribution in [0, 0.1) is 0 Å². The highest BCUT2D eigenvalue weighted by molar-refractivity contribution is 6.27. The van der Waals surface area contributed by atoms with Crippen LogP contribution in [0.1, 0.15) is 43.4 Å². The van der Waals surface area contributed by atoms with Crippen molar-refractivity contribution >= 4 is 23.1 Å². The molecule has 4 nitrogen and oxygen atoms in total. The summed E-state index contributed by atoms with van der Waals surface area (Å²) in [6, 6.07) is 16.2. The number of carbonyl (C=O) groups is 2. The standard InChI is InChI=1S/C24H26N2O2/c1-3-18-8-4-7-11-22(18)25-23(28)20-16-24(21-10-6-5-9-19(20)21)12-14-26(15-13-24)17(2)27/h4-11,16H,3,12-15H2,1-2H3,(H,25,28). The summed E-state index contributed by atoms with van der Waals surface area (Å²) in [6.45, 7) is 5.18. The molecule has 1 N–H and O–H groups in total. The first-order valence-electron chi connectivity index (χ1n) is 10.0. The van der Waals surface area contributed by atoms with E-state index in [0.717, 1.165) is 54.7 Å². The van der Waals surface area contributed by atoms with Crippen molar-refractivity contribution in [1.29, 1.82) is 0 Å². The lowest BCUT2D eigenvalue weighted by Gasteiger charge is -2.38. The monoisotopic (exact) mass is 374 g/mol. The minimum absolute atomic E-state index is 0.0563. The van der Waals surface area contributed by atoms with Gasteiger partial charge in [0.2, 0.25) is 5.91 Å². The molecule has 2 aliphatic rings. The molecule has 0 atom stereocenters. The molecular formula is C24H26N2O2. The Morgan fingerprint density at radius 2 is 1.71 bits per heavy atom. The SMILES string of the molecule is CCc1ccccc1NC(=O)C1=CC2(CCN(C(C)=O)CC2)c2ccccc21. The molecule has 0 unspecified atom stereocenters. The summed E-state index contributed by atoms with van der Waals surface area (Å²) in [5.74, 6) is 0.0680. The number of carbonyl (C=O) groups excluding carboxylic acids is 2. The fourth-order valence-corrected chi connectivity index (χ4v) is 4.55. The maximum Gasteiger partial charge on any atom is 0.255 e. The minimum atomic E-state index is -0.153. The average Bonchev–Trinajstić information content (AvgIpc) is 3.03. The predicted octanol–water partition coefficient (Wildman–Crippen LogP) is 4.16. The number of fused-ring (bicyclic) bond motifs is 2. The topological polar surface area (TPSA) is 49.4 Å². The molecule has 1 heterocycles. The molecule has 1 spiro atoms. The van der Waals surface area contributed by atoms with Crippen LogP contribution in [-0.4, -0.2) is 29.8 Å². The highest BCUT2D eigenvalue weighted by Gasteiger charge is 2.42. The second-order valence-electron chi connectivity index (χ2n) is 7.73. The van der Waals surface area contributed by atoms with Gasteiger partial charge in [0.15, 0.2) is 0 Å². The fourth-order valence-electron chi connectivity index (χ4n) is 4.55. The third kappa shape index (κ3) is 3.13. The lowest BCUT2D eigenvalue weighted by Crippen LogP contribution is -2.43. The van der Waals surface area contributed by atoms with E-state index in [0.29, 0.717) is 0 Å². The van der Waals surface area contributed by atoms with Crippen LogP contribution in [0.4, 0.5) is 5.69 Å². The maximum absolute atomic E-state index is 13.2. The molecule has 0 bridgehead atoms. The molecule has 2 aromatic carbocycles. The van der Waals surface area contributed by atoms with E-state index < -0.39 is 0 Å². The summed E-state index contributed by atoms with van der Waals surface area (Å²) >= 11 is 0. The molecule has 4 rings (SSSR count). The molecule has 1 aliphatic carbocycles. The number of hydrogen-bond donors (Lipinski definition) is 1. The normalized spacial score (nSPS) is 17.2. The third-order valence-corrected chi connectivity index (χ3v) is 6.17. The van der Waals surface area contributed by atoms with Gasteiger partial charge in [0.1, 0.15) is 0 Å². The van der Waals surface area contributed by atoms with Gasteiger partial charge in [-0.25, -0.2) is 0 Å². The van der Waals surface area contributed by atoms with Gasteiger partial charge in [0, 0.05) is 36.7 Å². The summed E-state index contributed by atoms with van der Waals surface area (Å²) in [6.07, 6.45) is 4.73. The van der Waals surface area contributed by atoms with Crippen LogP contribution in [0.3, 0.4) is 0 Å². The van der Waals surface area contributed by atoms with Gasteiger partial charge in [-0.3, -0.25) is 9.59 Å². The summed E-state index contributed by atoms with van der Waals surface area (Å²) in [4.78, 5) is 26.8. The number of nitrogens with zero attached hydrogens (tertiary/aromatic N) is 1. The second kappa shape index (κ2) is 7.27. The van der Waals surface area contributed by atoms with Gasteiger partial charge in [0.25, 0.3) is 5.91 Å². The van der Waals surface area contributed by atoms with Crippen molar-refractivity contribution < 1.29 is 9.59 Å². The summed E-state index contributed by atoms with van der Waals surface area (Å²) in [5, 5.41) is 3.12. The van der Waals surface area contributed by atoms with Crippen molar-refractivity contribution in [2.75, 3.05) is 18.4 Å². The van der Waals surface area contributed by atoms with Crippen LogP contribution in [0.2, 0.25) is 0 Å². The molecule has 2 aromatic rings. The van der Waals surface area contributed by atoms with E-state index in [1.807, 2.05) is 47.4 Å². The highest BCUT2D eigenvalue weighted by Crippen LogP contribution is 2.47. The Morgan fingerprint density at radius 3 is 2.43 bits per heavy atom. The molecule has 144 valence electrons. The van der Waals surface area contributed by atoms with Gasteiger partial charge in [0.05, 0.1) is 0 Å². The molecule has 1 fully saturated rings. The maximum atomic E-state index is 13.2. The summed E-state index contributed by atoms with van der Waals surface area (Å²) < 4.78 is 0. The number of benzene rings is 2. The van der Waals surface area contributed by atoms with Gasteiger partial charge in [-0.2, -0.15) is 0 Å². The summed E-state index contributed by atoms with van der Waals surface area (Å²) in [5.41, 5.74) is 4.84. The molecule has 1 aliphatic heterocycles. The second-order valence-corrected chi connectivity index (χ2v) is 7.73. The zero-order chi connectivity index (χ0) is 19.7. The quantitative estimate of drug-likeness (QED) is 0.877. The van der Waals surface area contributed by atoms with Gasteiger partial charge in [-0.15, -0.1) is 0 Å². The first-order chi connectivity index (χ1) is 13.5. The number of para-hydroxylation sites is 1. The van der Waals surface area contributed by atoms with E-state index in [-0.39, 0.29) is 17.2 Å². The number of nitrogens with one attached hydrogen (secondary N) is 1. The van der Waals surface area contributed by atoms with Gasteiger partial charge in [-0.05, 0) is 42.0 Å². The van der Waals surface area contributed by atoms with Crippen molar-refractivity contribution in [2.24, 2.45) is 0 Å². The lowest BCUT2D eigenvalue weighted by molar-refractivity contribution is -0.130. The Bertz CT molecular complexity index is 953. The number of allylic oxidation sites excluding steroid dienone is 1. The van der Waals surface area contributed by atoms with E-state index >= 15 is 0 Å². The van der Waals surface area contributed by atoms with E-state index in [1.165, 1.54) is 5.56 Å². The molecule has 0 saturated carbocycles. The Kier molecular flexibility index (Phi) is 4.80. The Labute approximate surface area is 166 Å². The zero-order valence-corrected chi connectivity index (χ0v) is 16.5. The van der Waals surface area contributed by atoms with Crippen molar-refractivity contribution in [3.63, 3.8) is 0 Å². The Morgan fingerprint density at radius 1 is 1.04 bits per heavy atom. The molecule has 2 amide bonds. The fraction of sp³-hybridized carbons (Fsp3) is 0.333. The summed E-state index contributed by atoms with van der Waals surface area (Å²) in [7, 11) is 0. The van der Waals surface area contributed by atoms with Gasteiger partial charge < -0.3 is 10.2 Å². The molecule has 28 heavy (non-hydrogen) atoms. The van der Waals surface area contributed by atoms with Crippen molar-refractivity contribution in [3.05, 3.63) is 71.3 Å². The number of anilines is 1. The predicted molar refractivity (Wildman–Crippen MR) is 112 cm³/mol. The molecule has 1 saturated heterocycles. The first-order valence-corrected chi connectivity index (χ1v) is 10.0. The highest BCUT2D eigenvalue weighted by atomic mass is 16.2. The number of piperidine rings is 1. The lowest BCUT2D eigenvalue weighted by atomic mass is 9.74. The van der Waals surface area contributed by atoms with E-state index in [9.17, 15) is 9.59 Å². The van der Waals surface area contributed by atoms with Crippen LogP contribution in [0.5, 0.6) is 0 Å². The van der Waals surface area contributed by atoms with Crippen LogP contribution >= 0.6 is 0 Å². The van der Waals surface area contributed by atoms with Crippen molar-refractivity contribution in [3.8, 4) is 0 Å². The first kappa shape index (κ1) is 18.5. The van der Waals surface area contributed by atoms with Gasteiger partial charge >= 0.3 is 0 Å². The van der Waals surface area contributed by atoms with Gasteiger partial charge in [-0.1, -0.05) is 55.5 Å². The third-order valence-electron chi connectivity index (χ3n) is 6.17. The van der Waals surface area contributed by atoms with Crippen LogP contribution in [-0.2, 0) is 21.4 Å². The minimum Gasteiger partial charge on any atom is -0.343 e. The average molecular weight is 374 g/mol. The van der Waals surface area contributed by atoms with Crippen LogP contribution in [0.25, 0.3) is 5.57 Å². The molecule has 4 heteroatoms. The van der Waals surface area contributed by atoms with E-state index in [4.69, 9.17) is 0 Å². The molecule has 0 radical (unpaired) electrons. The van der Waals surface area contributed by atoms with E-state index in [2.05, 4.69) is 24.4 Å². The Balaban J connectivity index is 1.65. The number of aryl methyl sites for hydroxylation is 1. The van der Waals surface area contributed by atoms with Crippen molar-refractivity contribution in [2.45, 2.75) is 38.5 Å². The smallest absolute Gasteiger partial charge is 0.255 e.